The monoisotopic (exact) mass is 259 g/mol. The summed E-state index contributed by atoms with van der Waals surface area (Å²) in [4.78, 5) is 23.9. The van der Waals surface area contributed by atoms with Crippen molar-refractivity contribution in [2.75, 3.05) is 19.8 Å². The second-order valence-electron chi connectivity index (χ2n) is 4.58. The highest BCUT2D eigenvalue weighted by molar-refractivity contribution is 5.78. The molecule has 0 heterocycles. The van der Waals surface area contributed by atoms with Crippen molar-refractivity contribution in [2.24, 2.45) is 0 Å². The van der Waals surface area contributed by atoms with Gasteiger partial charge in [-0.05, 0) is 20.3 Å². The Morgan fingerprint density at radius 3 is 2.44 bits per heavy atom. The summed E-state index contributed by atoms with van der Waals surface area (Å²) in [6.07, 6.45) is 3.15. The Bertz CT molecular complexity index is 253. The molecule has 5 heteroatoms. The van der Waals surface area contributed by atoms with Gasteiger partial charge in [0, 0.05) is 19.2 Å². The molecule has 0 radical (unpaired) electrons. The normalized spacial score (nSPS) is 10.7. The molecule has 0 aliphatic carbocycles. The number of amides is 1. The van der Waals surface area contributed by atoms with Gasteiger partial charge in [-0.25, -0.2) is 0 Å². The fourth-order valence-electron chi connectivity index (χ4n) is 1.58. The zero-order chi connectivity index (χ0) is 14.0. The number of carbonyl (C=O) groups is 2. The fourth-order valence-corrected chi connectivity index (χ4v) is 1.58. The molecule has 5 nitrogen and oxygen atoms in total. The Balaban J connectivity index is 3.95. The number of aliphatic carboxylic acids is 1. The van der Waals surface area contributed by atoms with Crippen LogP contribution in [0, 0.1) is 0 Å². The predicted octanol–water partition coefficient (Wildman–Crippen LogP) is 1.90. The molecule has 0 aromatic carbocycles. The summed E-state index contributed by atoms with van der Waals surface area (Å²) >= 11 is 0. The average molecular weight is 259 g/mol. The lowest BCUT2D eigenvalue weighted by atomic mass is 10.2. The molecule has 0 unspecified atom stereocenters. The molecule has 0 aromatic heterocycles. The summed E-state index contributed by atoms with van der Waals surface area (Å²) in [5, 5.41) is 8.63. The van der Waals surface area contributed by atoms with Gasteiger partial charge in [-0.15, -0.1) is 0 Å². The lowest BCUT2D eigenvalue weighted by Crippen LogP contribution is -2.40. The van der Waals surface area contributed by atoms with Crippen LogP contribution in [0.25, 0.3) is 0 Å². The molecule has 106 valence electrons. The second-order valence-corrected chi connectivity index (χ2v) is 4.58. The molecule has 1 N–H and O–H groups in total. The highest BCUT2D eigenvalue weighted by Crippen LogP contribution is 2.02. The van der Waals surface area contributed by atoms with Crippen LogP contribution in [0.5, 0.6) is 0 Å². The molecular weight excluding hydrogens is 234 g/mol. The molecule has 1 amide bonds. The summed E-state index contributed by atoms with van der Waals surface area (Å²) in [7, 11) is 0. The van der Waals surface area contributed by atoms with E-state index in [0.717, 1.165) is 19.3 Å². The lowest BCUT2D eigenvalue weighted by molar-refractivity contribution is -0.141. The van der Waals surface area contributed by atoms with E-state index >= 15 is 0 Å². The van der Waals surface area contributed by atoms with Gasteiger partial charge in [-0.2, -0.15) is 0 Å². The average Bonchev–Trinajstić information content (AvgIpc) is 2.28. The summed E-state index contributed by atoms with van der Waals surface area (Å²) in [5.41, 5.74) is 0. The molecule has 18 heavy (non-hydrogen) atoms. The number of carbonyl (C=O) groups excluding carboxylic acids is 1. The summed E-state index contributed by atoms with van der Waals surface area (Å²) < 4.78 is 5.30. The van der Waals surface area contributed by atoms with E-state index in [-0.39, 0.29) is 31.5 Å². The first-order valence-electron chi connectivity index (χ1n) is 6.58. The van der Waals surface area contributed by atoms with E-state index in [2.05, 4.69) is 6.92 Å². The largest absolute Gasteiger partial charge is 0.481 e. The van der Waals surface area contributed by atoms with Crippen molar-refractivity contribution in [3.8, 4) is 0 Å². The SMILES string of the molecule is CCCCCOCC(=O)N(CCC(=O)O)C(C)C. The molecule has 0 aromatic rings. The third-order valence-electron chi connectivity index (χ3n) is 2.63. The Hall–Kier alpha value is -1.10. The first-order valence-corrected chi connectivity index (χ1v) is 6.58. The minimum atomic E-state index is -0.891. The van der Waals surface area contributed by atoms with E-state index in [1.165, 1.54) is 0 Å². The third-order valence-corrected chi connectivity index (χ3v) is 2.63. The maximum absolute atomic E-state index is 11.8. The van der Waals surface area contributed by atoms with Crippen LogP contribution in [0.2, 0.25) is 0 Å². The minimum absolute atomic E-state index is 0.00362. The fraction of sp³-hybridized carbons (Fsp3) is 0.846. The van der Waals surface area contributed by atoms with E-state index in [0.29, 0.717) is 6.61 Å². The molecule has 0 aliphatic rings. The first-order chi connectivity index (χ1) is 8.49. The molecule has 0 saturated carbocycles. The van der Waals surface area contributed by atoms with Gasteiger partial charge in [-0.3, -0.25) is 9.59 Å². The van der Waals surface area contributed by atoms with Gasteiger partial charge in [0.15, 0.2) is 0 Å². The van der Waals surface area contributed by atoms with Crippen molar-refractivity contribution in [1.29, 1.82) is 0 Å². The van der Waals surface area contributed by atoms with E-state index in [4.69, 9.17) is 9.84 Å². The zero-order valence-electron chi connectivity index (χ0n) is 11.6. The third kappa shape index (κ3) is 8.06. The van der Waals surface area contributed by atoms with Crippen LogP contribution in [0.15, 0.2) is 0 Å². The number of ether oxygens (including phenoxy) is 1. The lowest BCUT2D eigenvalue weighted by Gasteiger charge is -2.26. The standard InChI is InChI=1S/C13H25NO4/c1-4-5-6-9-18-10-12(15)14(11(2)3)8-7-13(16)17/h11H,4-10H2,1-3H3,(H,16,17). The Labute approximate surface area is 109 Å². The summed E-state index contributed by atoms with van der Waals surface area (Å²) in [6.45, 7) is 6.72. The highest BCUT2D eigenvalue weighted by atomic mass is 16.5. The van der Waals surface area contributed by atoms with Gasteiger partial charge in [0.25, 0.3) is 0 Å². The number of rotatable bonds is 10. The molecule has 0 rings (SSSR count). The van der Waals surface area contributed by atoms with Gasteiger partial charge in [0.1, 0.15) is 6.61 Å². The van der Waals surface area contributed by atoms with E-state index in [1.807, 2.05) is 13.8 Å². The van der Waals surface area contributed by atoms with Gasteiger partial charge in [0.05, 0.1) is 6.42 Å². The molecular formula is C13H25NO4. The second kappa shape index (κ2) is 9.88. The van der Waals surface area contributed by atoms with Crippen LogP contribution in [0.3, 0.4) is 0 Å². The van der Waals surface area contributed by atoms with E-state index in [1.54, 1.807) is 4.90 Å². The predicted molar refractivity (Wildman–Crippen MR) is 69.4 cm³/mol. The van der Waals surface area contributed by atoms with Crippen LogP contribution in [-0.2, 0) is 14.3 Å². The molecule has 0 spiro atoms. The number of carboxylic acid groups (broad SMARTS) is 1. The van der Waals surface area contributed by atoms with Crippen LogP contribution >= 0.6 is 0 Å². The maximum atomic E-state index is 11.8. The van der Waals surface area contributed by atoms with Gasteiger partial charge in [-0.1, -0.05) is 19.8 Å². The Morgan fingerprint density at radius 2 is 1.94 bits per heavy atom. The first kappa shape index (κ1) is 16.9. The molecule has 0 atom stereocenters. The van der Waals surface area contributed by atoms with Crippen molar-refractivity contribution in [2.45, 2.75) is 52.5 Å². The zero-order valence-corrected chi connectivity index (χ0v) is 11.6. The molecule has 0 saturated heterocycles. The van der Waals surface area contributed by atoms with Gasteiger partial charge < -0.3 is 14.7 Å². The number of hydrogen-bond acceptors (Lipinski definition) is 3. The van der Waals surface area contributed by atoms with Crippen LogP contribution in [0.1, 0.15) is 46.5 Å². The highest BCUT2D eigenvalue weighted by Gasteiger charge is 2.17. The molecule has 0 aliphatic heterocycles. The van der Waals surface area contributed by atoms with E-state index < -0.39 is 5.97 Å². The van der Waals surface area contributed by atoms with Crippen LogP contribution in [0.4, 0.5) is 0 Å². The number of unbranched alkanes of at least 4 members (excludes halogenated alkanes) is 2. The summed E-state index contributed by atoms with van der Waals surface area (Å²) in [5.74, 6) is -1.03. The Kier molecular flexibility index (Phi) is 9.28. The van der Waals surface area contributed by atoms with Crippen LogP contribution < -0.4 is 0 Å². The van der Waals surface area contributed by atoms with Gasteiger partial charge >= 0.3 is 5.97 Å². The van der Waals surface area contributed by atoms with Crippen LogP contribution in [-0.4, -0.2) is 47.7 Å². The number of carboxylic acids is 1. The number of nitrogens with zero attached hydrogens (tertiary/aromatic N) is 1. The van der Waals surface area contributed by atoms with E-state index in [9.17, 15) is 9.59 Å². The van der Waals surface area contributed by atoms with Crippen molar-refractivity contribution >= 4 is 11.9 Å². The topological polar surface area (TPSA) is 66.8 Å². The quantitative estimate of drug-likeness (QED) is 0.608. The smallest absolute Gasteiger partial charge is 0.305 e. The summed E-state index contributed by atoms with van der Waals surface area (Å²) in [6, 6.07) is -0.00362. The van der Waals surface area contributed by atoms with Crippen molar-refractivity contribution in [3.63, 3.8) is 0 Å². The Morgan fingerprint density at radius 1 is 1.28 bits per heavy atom. The van der Waals surface area contributed by atoms with Crippen molar-refractivity contribution in [3.05, 3.63) is 0 Å². The van der Waals surface area contributed by atoms with Gasteiger partial charge in [0.2, 0.25) is 5.91 Å². The molecule has 0 fully saturated rings. The molecule has 0 bridgehead atoms. The van der Waals surface area contributed by atoms with Crippen molar-refractivity contribution in [1.82, 2.24) is 4.90 Å². The van der Waals surface area contributed by atoms with Crippen molar-refractivity contribution < 1.29 is 19.4 Å². The number of hydrogen-bond donors (Lipinski definition) is 1. The minimum Gasteiger partial charge on any atom is -0.481 e. The maximum Gasteiger partial charge on any atom is 0.305 e.